The first-order chi connectivity index (χ1) is 8.20. The molecule has 1 aliphatic rings. The van der Waals surface area contributed by atoms with Gasteiger partial charge in [-0.3, -0.25) is 9.69 Å². The van der Waals surface area contributed by atoms with Gasteiger partial charge in [0.05, 0.1) is 5.01 Å². The first kappa shape index (κ1) is 12.7. The Bertz CT molecular complexity index is 375. The summed E-state index contributed by atoms with van der Waals surface area (Å²) in [6.45, 7) is 5.72. The molecule has 17 heavy (non-hydrogen) atoms. The van der Waals surface area contributed by atoms with E-state index in [2.05, 4.69) is 23.7 Å². The molecule has 1 aliphatic heterocycles. The number of thiazole rings is 1. The second-order valence-corrected chi connectivity index (χ2v) is 5.91. The third kappa shape index (κ3) is 3.13. The molecule has 1 aromatic heterocycles. The zero-order chi connectivity index (χ0) is 12.3. The number of hydrogen-bond acceptors (Lipinski definition) is 4. The van der Waals surface area contributed by atoms with Crippen LogP contribution in [0.1, 0.15) is 48.6 Å². The third-order valence-electron chi connectivity index (χ3n) is 3.44. The van der Waals surface area contributed by atoms with Crippen molar-refractivity contribution in [3.05, 3.63) is 16.1 Å². The maximum absolute atomic E-state index is 10.6. The first-order valence-electron chi connectivity index (χ1n) is 6.36. The van der Waals surface area contributed by atoms with Crippen LogP contribution in [0.15, 0.2) is 5.38 Å². The van der Waals surface area contributed by atoms with Crippen molar-refractivity contribution in [1.29, 1.82) is 0 Å². The molecule has 0 radical (unpaired) electrons. The van der Waals surface area contributed by atoms with E-state index in [1.165, 1.54) is 25.8 Å². The van der Waals surface area contributed by atoms with Crippen LogP contribution in [0.3, 0.4) is 0 Å². The van der Waals surface area contributed by atoms with Crippen LogP contribution in [0, 0.1) is 0 Å². The van der Waals surface area contributed by atoms with Gasteiger partial charge in [-0.05, 0) is 33.2 Å². The van der Waals surface area contributed by atoms with Crippen LogP contribution in [-0.2, 0) is 6.42 Å². The van der Waals surface area contributed by atoms with Crippen LogP contribution in [0.2, 0.25) is 0 Å². The minimum absolute atomic E-state index is 0.580. The summed E-state index contributed by atoms with van der Waals surface area (Å²) in [4.78, 5) is 17.5. The molecular formula is C13H20N2OS. The lowest BCUT2D eigenvalue weighted by Crippen LogP contribution is -2.44. The van der Waals surface area contributed by atoms with Gasteiger partial charge in [-0.25, -0.2) is 4.98 Å². The van der Waals surface area contributed by atoms with Crippen LogP contribution in [0.4, 0.5) is 0 Å². The van der Waals surface area contributed by atoms with E-state index in [4.69, 9.17) is 0 Å². The molecule has 0 aliphatic carbocycles. The van der Waals surface area contributed by atoms with Gasteiger partial charge in [-0.1, -0.05) is 6.42 Å². The highest BCUT2D eigenvalue weighted by molar-refractivity contribution is 7.09. The molecule has 0 aromatic carbocycles. The largest absolute Gasteiger partial charge is 0.298 e. The molecule has 0 N–H and O–H groups in total. The van der Waals surface area contributed by atoms with Gasteiger partial charge in [0, 0.05) is 23.9 Å². The van der Waals surface area contributed by atoms with Crippen molar-refractivity contribution in [3.63, 3.8) is 0 Å². The number of rotatable bonds is 4. The van der Waals surface area contributed by atoms with Crippen LogP contribution in [0.25, 0.3) is 0 Å². The fourth-order valence-corrected chi connectivity index (χ4v) is 3.41. The zero-order valence-corrected chi connectivity index (χ0v) is 11.4. The Morgan fingerprint density at radius 3 is 3.06 bits per heavy atom. The van der Waals surface area contributed by atoms with E-state index in [0.717, 1.165) is 17.7 Å². The van der Waals surface area contributed by atoms with Crippen molar-refractivity contribution < 1.29 is 4.79 Å². The third-order valence-corrected chi connectivity index (χ3v) is 4.33. The lowest BCUT2D eigenvalue weighted by Gasteiger charge is -2.38. The molecule has 0 spiro atoms. The van der Waals surface area contributed by atoms with Gasteiger partial charge in [-0.2, -0.15) is 0 Å². The predicted molar refractivity (Wildman–Crippen MR) is 70.7 cm³/mol. The van der Waals surface area contributed by atoms with Crippen molar-refractivity contribution in [2.24, 2.45) is 0 Å². The average Bonchev–Trinajstić information content (AvgIpc) is 2.77. The topological polar surface area (TPSA) is 33.2 Å². The minimum Gasteiger partial charge on any atom is -0.298 e. The van der Waals surface area contributed by atoms with E-state index in [1.807, 2.05) is 5.38 Å². The molecule has 2 rings (SSSR count). The molecule has 3 nitrogen and oxygen atoms in total. The quantitative estimate of drug-likeness (QED) is 0.773. The van der Waals surface area contributed by atoms with E-state index in [-0.39, 0.29) is 0 Å². The number of carbonyl (C=O) groups is 1. The Morgan fingerprint density at radius 1 is 1.59 bits per heavy atom. The lowest BCUT2D eigenvalue weighted by molar-refractivity contribution is 0.110. The van der Waals surface area contributed by atoms with Crippen LogP contribution in [0.5, 0.6) is 0 Å². The molecule has 0 saturated carbocycles. The summed E-state index contributed by atoms with van der Waals surface area (Å²) in [7, 11) is 0. The van der Waals surface area contributed by atoms with Gasteiger partial charge in [0.25, 0.3) is 0 Å². The number of likely N-dealkylation sites (tertiary alicyclic amines) is 1. The normalized spacial score (nSPS) is 21.9. The number of carbonyl (C=O) groups excluding carboxylic acids is 1. The molecule has 2 heterocycles. The van der Waals surface area contributed by atoms with Gasteiger partial charge in [0.2, 0.25) is 0 Å². The van der Waals surface area contributed by atoms with Gasteiger partial charge >= 0.3 is 0 Å². The fraction of sp³-hybridized carbons (Fsp3) is 0.692. The maximum Gasteiger partial charge on any atom is 0.169 e. The van der Waals surface area contributed by atoms with E-state index >= 15 is 0 Å². The van der Waals surface area contributed by atoms with E-state index in [0.29, 0.717) is 17.8 Å². The second kappa shape index (κ2) is 5.74. The highest BCUT2D eigenvalue weighted by Crippen LogP contribution is 2.23. The summed E-state index contributed by atoms with van der Waals surface area (Å²) in [5, 5.41) is 2.95. The Morgan fingerprint density at radius 2 is 2.41 bits per heavy atom. The number of hydrogen-bond donors (Lipinski definition) is 0. The summed E-state index contributed by atoms with van der Waals surface area (Å²) < 4.78 is 0. The fourth-order valence-electron chi connectivity index (χ4n) is 2.60. The van der Waals surface area contributed by atoms with Crippen molar-refractivity contribution in [2.45, 2.75) is 51.6 Å². The number of aldehydes is 1. The Kier molecular flexibility index (Phi) is 4.29. The van der Waals surface area contributed by atoms with Crippen LogP contribution < -0.4 is 0 Å². The molecule has 1 aromatic rings. The molecular weight excluding hydrogens is 232 g/mol. The lowest BCUT2D eigenvalue weighted by atomic mass is 9.98. The van der Waals surface area contributed by atoms with Gasteiger partial charge in [0.15, 0.2) is 6.29 Å². The predicted octanol–water partition coefficient (Wildman–Crippen LogP) is 2.76. The van der Waals surface area contributed by atoms with Gasteiger partial charge < -0.3 is 0 Å². The average molecular weight is 252 g/mol. The molecule has 1 unspecified atom stereocenters. The van der Waals surface area contributed by atoms with Crippen molar-refractivity contribution in [3.8, 4) is 0 Å². The number of aromatic nitrogens is 1. The van der Waals surface area contributed by atoms with Crippen LogP contribution in [-0.4, -0.2) is 34.8 Å². The van der Waals surface area contributed by atoms with E-state index < -0.39 is 0 Å². The summed E-state index contributed by atoms with van der Waals surface area (Å²) in [6, 6.07) is 1.21. The first-order valence-corrected chi connectivity index (χ1v) is 7.24. The van der Waals surface area contributed by atoms with E-state index in [1.54, 1.807) is 11.3 Å². The summed E-state index contributed by atoms with van der Waals surface area (Å²) in [6.07, 6.45) is 5.72. The molecule has 94 valence electrons. The highest BCUT2D eigenvalue weighted by Gasteiger charge is 2.25. The molecule has 0 bridgehead atoms. The highest BCUT2D eigenvalue weighted by atomic mass is 32.1. The number of piperidine rings is 1. The Hall–Kier alpha value is -0.740. The van der Waals surface area contributed by atoms with Crippen molar-refractivity contribution >= 4 is 17.6 Å². The second-order valence-electron chi connectivity index (χ2n) is 4.97. The Labute approximate surface area is 107 Å². The maximum atomic E-state index is 10.6. The number of nitrogens with zero attached hydrogens (tertiary/aromatic N) is 2. The van der Waals surface area contributed by atoms with E-state index in [9.17, 15) is 4.79 Å². The molecule has 1 fully saturated rings. The van der Waals surface area contributed by atoms with Crippen molar-refractivity contribution in [2.75, 3.05) is 6.54 Å². The zero-order valence-electron chi connectivity index (χ0n) is 10.6. The SMILES string of the molecule is CC(C)N1CCCCC1Cc1nc(C=O)cs1. The van der Waals surface area contributed by atoms with Gasteiger partial charge in [0.1, 0.15) is 5.69 Å². The molecule has 1 atom stereocenters. The standard InChI is InChI=1S/C13H20N2OS/c1-10(2)15-6-4-3-5-12(15)7-13-14-11(8-16)9-17-13/h8-10,12H,3-7H2,1-2H3. The summed E-state index contributed by atoms with van der Waals surface area (Å²) in [5.74, 6) is 0. The summed E-state index contributed by atoms with van der Waals surface area (Å²) in [5.41, 5.74) is 0.580. The minimum atomic E-state index is 0.580. The molecule has 1 saturated heterocycles. The summed E-state index contributed by atoms with van der Waals surface area (Å²) >= 11 is 1.61. The Balaban J connectivity index is 2.02. The van der Waals surface area contributed by atoms with Crippen LogP contribution >= 0.6 is 11.3 Å². The van der Waals surface area contributed by atoms with Gasteiger partial charge in [-0.15, -0.1) is 11.3 Å². The monoisotopic (exact) mass is 252 g/mol. The van der Waals surface area contributed by atoms with Crippen molar-refractivity contribution in [1.82, 2.24) is 9.88 Å². The smallest absolute Gasteiger partial charge is 0.169 e. The molecule has 4 heteroatoms. The molecule has 0 amide bonds.